The van der Waals surface area contributed by atoms with Crippen molar-refractivity contribution in [1.29, 1.82) is 0 Å². The molecular formula is C19H27N. The number of aryl methyl sites for hydroxylation is 2. The van der Waals surface area contributed by atoms with Gasteiger partial charge in [0.05, 0.1) is 0 Å². The Morgan fingerprint density at radius 1 is 1.15 bits per heavy atom. The standard InChI is InChI=1S/C19H27N/c1-13(16-8-7-15-3-2-4-17(15)11-16)20-12-19-10-14-5-6-18(19)9-14/h7-8,11,13-14,18-20H,2-6,9-10,12H2,1H3. The molecule has 2 saturated carbocycles. The van der Waals surface area contributed by atoms with Gasteiger partial charge in [0.15, 0.2) is 0 Å². The van der Waals surface area contributed by atoms with E-state index in [-0.39, 0.29) is 0 Å². The smallest absolute Gasteiger partial charge is 0.0292 e. The van der Waals surface area contributed by atoms with E-state index in [9.17, 15) is 0 Å². The van der Waals surface area contributed by atoms with E-state index in [2.05, 4.69) is 30.4 Å². The summed E-state index contributed by atoms with van der Waals surface area (Å²) in [5, 5.41) is 3.82. The molecule has 20 heavy (non-hydrogen) atoms. The maximum absolute atomic E-state index is 3.82. The van der Waals surface area contributed by atoms with Gasteiger partial charge in [-0.1, -0.05) is 24.6 Å². The van der Waals surface area contributed by atoms with Crippen LogP contribution in [0.5, 0.6) is 0 Å². The van der Waals surface area contributed by atoms with Crippen molar-refractivity contribution in [2.45, 2.75) is 57.9 Å². The van der Waals surface area contributed by atoms with Crippen LogP contribution in [-0.2, 0) is 12.8 Å². The number of fused-ring (bicyclic) bond motifs is 3. The van der Waals surface area contributed by atoms with Crippen LogP contribution in [0.4, 0.5) is 0 Å². The molecule has 0 heterocycles. The third-order valence-corrected chi connectivity index (χ3v) is 6.19. The van der Waals surface area contributed by atoms with Crippen molar-refractivity contribution in [1.82, 2.24) is 5.32 Å². The lowest BCUT2D eigenvalue weighted by atomic mass is 9.88. The topological polar surface area (TPSA) is 12.0 Å². The fourth-order valence-corrected chi connectivity index (χ4v) is 4.93. The van der Waals surface area contributed by atoms with Crippen LogP contribution in [0.2, 0.25) is 0 Å². The van der Waals surface area contributed by atoms with Gasteiger partial charge in [0.1, 0.15) is 0 Å². The highest BCUT2D eigenvalue weighted by atomic mass is 14.9. The Bertz CT molecular complexity index is 493. The fraction of sp³-hybridized carbons (Fsp3) is 0.684. The summed E-state index contributed by atoms with van der Waals surface area (Å²) in [6.45, 7) is 3.57. The highest BCUT2D eigenvalue weighted by molar-refractivity contribution is 5.36. The summed E-state index contributed by atoms with van der Waals surface area (Å²) < 4.78 is 0. The van der Waals surface area contributed by atoms with Crippen molar-refractivity contribution in [3.05, 3.63) is 34.9 Å². The second-order valence-electron chi connectivity index (χ2n) is 7.45. The molecule has 1 heteroatoms. The van der Waals surface area contributed by atoms with E-state index < -0.39 is 0 Å². The maximum Gasteiger partial charge on any atom is 0.0292 e. The van der Waals surface area contributed by atoms with Crippen LogP contribution in [0.25, 0.3) is 0 Å². The second kappa shape index (κ2) is 5.18. The Kier molecular flexibility index (Phi) is 3.34. The van der Waals surface area contributed by atoms with Crippen molar-refractivity contribution in [3.63, 3.8) is 0 Å². The third-order valence-electron chi connectivity index (χ3n) is 6.19. The number of hydrogen-bond donors (Lipinski definition) is 1. The molecule has 3 aliphatic carbocycles. The van der Waals surface area contributed by atoms with E-state index in [1.807, 2.05) is 0 Å². The van der Waals surface area contributed by atoms with Crippen molar-refractivity contribution >= 4 is 0 Å². The molecule has 2 fully saturated rings. The van der Waals surface area contributed by atoms with Gasteiger partial charge in [-0.25, -0.2) is 0 Å². The molecular weight excluding hydrogens is 242 g/mol. The molecule has 0 spiro atoms. The van der Waals surface area contributed by atoms with E-state index in [1.165, 1.54) is 57.1 Å². The molecule has 0 saturated heterocycles. The van der Waals surface area contributed by atoms with Crippen LogP contribution in [0.1, 0.15) is 61.8 Å². The Labute approximate surface area is 123 Å². The predicted molar refractivity (Wildman–Crippen MR) is 83.8 cm³/mol. The van der Waals surface area contributed by atoms with Crippen molar-refractivity contribution < 1.29 is 0 Å². The van der Waals surface area contributed by atoms with Crippen molar-refractivity contribution in [2.24, 2.45) is 17.8 Å². The van der Waals surface area contributed by atoms with Crippen molar-refractivity contribution in [2.75, 3.05) is 6.54 Å². The number of nitrogens with one attached hydrogen (secondary N) is 1. The molecule has 4 unspecified atom stereocenters. The van der Waals surface area contributed by atoms with E-state index in [0.717, 1.165) is 17.8 Å². The van der Waals surface area contributed by atoms with Gasteiger partial charge in [-0.2, -0.15) is 0 Å². The van der Waals surface area contributed by atoms with Crippen LogP contribution in [0.3, 0.4) is 0 Å². The van der Waals surface area contributed by atoms with Gasteiger partial charge >= 0.3 is 0 Å². The average Bonchev–Trinajstić information content (AvgIpc) is 3.19. The monoisotopic (exact) mass is 269 g/mol. The number of rotatable bonds is 4. The second-order valence-corrected chi connectivity index (χ2v) is 7.45. The van der Waals surface area contributed by atoms with Crippen LogP contribution >= 0.6 is 0 Å². The van der Waals surface area contributed by atoms with Gasteiger partial charge in [0.25, 0.3) is 0 Å². The minimum atomic E-state index is 0.514. The molecule has 1 nitrogen and oxygen atoms in total. The lowest BCUT2D eigenvalue weighted by Crippen LogP contribution is -2.28. The quantitative estimate of drug-likeness (QED) is 0.861. The zero-order valence-electron chi connectivity index (χ0n) is 12.7. The number of hydrogen-bond acceptors (Lipinski definition) is 1. The molecule has 1 aromatic carbocycles. The molecule has 0 radical (unpaired) electrons. The summed E-state index contributed by atoms with van der Waals surface area (Å²) in [5.74, 6) is 3.08. The first-order valence-corrected chi connectivity index (χ1v) is 8.64. The molecule has 2 bridgehead atoms. The molecule has 4 atom stereocenters. The largest absolute Gasteiger partial charge is 0.310 e. The minimum Gasteiger partial charge on any atom is -0.310 e. The predicted octanol–water partition coefficient (Wildman–Crippen LogP) is 4.26. The summed E-state index contributed by atoms with van der Waals surface area (Å²) in [5.41, 5.74) is 4.69. The summed E-state index contributed by atoms with van der Waals surface area (Å²) >= 11 is 0. The van der Waals surface area contributed by atoms with Gasteiger partial charge in [-0.15, -0.1) is 0 Å². The zero-order valence-corrected chi connectivity index (χ0v) is 12.7. The molecule has 0 aliphatic heterocycles. The number of benzene rings is 1. The molecule has 3 aliphatic rings. The van der Waals surface area contributed by atoms with Crippen LogP contribution in [-0.4, -0.2) is 6.54 Å². The van der Waals surface area contributed by atoms with Gasteiger partial charge in [-0.3, -0.25) is 0 Å². The Hall–Kier alpha value is -0.820. The summed E-state index contributed by atoms with van der Waals surface area (Å²) in [6.07, 6.45) is 9.98. The molecule has 0 amide bonds. The highest BCUT2D eigenvalue weighted by Crippen LogP contribution is 2.48. The molecule has 108 valence electrons. The summed E-state index contributed by atoms with van der Waals surface area (Å²) in [7, 11) is 0. The van der Waals surface area contributed by atoms with E-state index >= 15 is 0 Å². The van der Waals surface area contributed by atoms with Crippen LogP contribution < -0.4 is 5.32 Å². The van der Waals surface area contributed by atoms with E-state index in [1.54, 1.807) is 11.1 Å². The normalized spacial score (nSPS) is 32.5. The van der Waals surface area contributed by atoms with Crippen LogP contribution in [0, 0.1) is 17.8 Å². The van der Waals surface area contributed by atoms with E-state index in [4.69, 9.17) is 0 Å². The first kappa shape index (κ1) is 12.9. The lowest BCUT2D eigenvalue weighted by Gasteiger charge is -2.24. The summed E-state index contributed by atoms with van der Waals surface area (Å²) in [4.78, 5) is 0. The fourth-order valence-electron chi connectivity index (χ4n) is 4.93. The maximum atomic E-state index is 3.82. The SMILES string of the molecule is CC(NCC1CC2CCC1C2)c1ccc2c(c1)CCC2. The Morgan fingerprint density at radius 3 is 2.85 bits per heavy atom. The average molecular weight is 269 g/mol. The molecule has 0 aromatic heterocycles. The Balaban J connectivity index is 1.37. The summed E-state index contributed by atoms with van der Waals surface area (Å²) in [6, 6.07) is 7.69. The van der Waals surface area contributed by atoms with E-state index in [0.29, 0.717) is 6.04 Å². The van der Waals surface area contributed by atoms with Crippen LogP contribution in [0.15, 0.2) is 18.2 Å². The first-order chi connectivity index (χ1) is 9.79. The minimum absolute atomic E-state index is 0.514. The molecule has 1 aromatic rings. The lowest BCUT2D eigenvalue weighted by molar-refractivity contribution is 0.309. The van der Waals surface area contributed by atoms with Gasteiger partial charge in [0, 0.05) is 6.04 Å². The first-order valence-electron chi connectivity index (χ1n) is 8.64. The highest BCUT2D eigenvalue weighted by Gasteiger charge is 2.39. The zero-order chi connectivity index (χ0) is 13.5. The molecule has 1 N–H and O–H groups in total. The molecule has 4 rings (SSSR count). The van der Waals surface area contributed by atoms with Gasteiger partial charge in [0.2, 0.25) is 0 Å². The van der Waals surface area contributed by atoms with Crippen molar-refractivity contribution in [3.8, 4) is 0 Å². The van der Waals surface area contributed by atoms with Gasteiger partial charge in [-0.05, 0) is 86.4 Å². The third kappa shape index (κ3) is 2.30. The van der Waals surface area contributed by atoms with Gasteiger partial charge < -0.3 is 5.32 Å². The Morgan fingerprint density at radius 2 is 2.05 bits per heavy atom.